The second-order valence-corrected chi connectivity index (χ2v) is 10.8. The number of aryl methyl sites for hydroxylation is 1. The monoisotopic (exact) mass is 571 g/mol. The van der Waals surface area contributed by atoms with Crippen LogP contribution >= 0.6 is 34.8 Å². The molecule has 0 spiro atoms. The van der Waals surface area contributed by atoms with Gasteiger partial charge in [-0.3, -0.25) is 14.9 Å². The molecule has 1 heterocycles. The van der Waals surface area contributed by atoms with E-state index in [2.05, 4.69) is 16.0 Å². The maximum atomic E-state index is 12.4. The average molecular weight is 573 g/mol. The van der Waals surface area contributed by atoms with Gasteiger partial charge in [0.05, 0.1) is 24.3 Å². The molecule has 6 atom stereocenters. The van der Waals surface area contributed by atoms with Gasteiger partial charge in [0.2, 0.25) is 5.91 Å². The molecule has 0 aromatic heterocycles. The average Bonchev–Trinajstić information content (AvgIpc) is 3.32. The van der Waals surface area contributed by atoms with Crippen LogP contribution in [-0.2, 0) is 16.0 Å². The number of carboxylic acid groups (broad SMARTS) is 1. The molecule has 4 rings (SSSR count). The van der Waals surface area contributed by atoms with Crippen molar-refractivity contribution in [2.75, 3.05) is 6.54 Å². The fraction of sp³-hybridized carbons (Fsp3) is 0.440. The van der Waals surface area contributed by atoms with Gasteiger partial charge in [-0.2, -0.15) is 0 Å². The van der Waals surface area contributed by atoms with E-state index in [9.17, 15) is 30.0 Å². The largest absolute Gasteiger partial charge is 0.480 e. The summed E-state index contributed by atoms with van der Waals surface area (Å²) in [6.07, 6.45) is -1.86. The highest BCUT2D eigenvalue weighted by Crippen LogP contribution is 2.41. The zero-order valence-corrected chi connectivity index (χ0v) is 21.9. The van der Waals surface area contributed by atoms with Crippen LogP contribution in [-0.4, -0.2) is 62.6 Å². The number of benzene rings is 2. The molecule has 12 heteroatoms. The summed E-state index contributed by atoms with van der Waals surface area (Å²) >= 11 is 18.8. The molecule has 2 aromatic carbocycles. The number of amides is 1. The number of carbonyl (C=O) groups excluding carboxylic acids is 1. The van der Waals surface area contributed by atoms with Crippen LogP contribution in [0.25, 0.3) is 0 Å². The first-order valence-electron chi connectivity index (χ1n) is 11.8. The summed E-state index contributed by atoms with van der Waals surface area (Å²) < 4.78 is 0. The summed E-state index contributed by atoms with van der Waals surface area (Å²) in [5.41, 5.74) is -0.144. The molecule has 2 aromatic rings. The third-order valence-corrected chi connectivity index (χ3v) is 7.69. The Hall–Kier alpha value is -1.95. The van der Waals surface area contributed by atoms with Gasteiger partial charge >= 0.3 is 5.97 Å². The number of aliphatic hydroxyl groups excluding tert-OH is 3. The Morgan fingerprint density at radius 3 is 2.43 bits per heavy atom. The maximum absolute atomic E-state index is 12.4. The SMILES string of the molecule is O=C(N[C@@H]1C[C@]1(NC(O)c1c(Cl)cc(C(O)CCc2cccc(Cl)c2)cc1Cl)C(=O)O)[C@H]1C[C@@H](O)CN1. The van der Waals surface area contributed by atoms with E-state index in [1.165, 1.54) is 12.1 Å². The van der Waals surface area contributed by atoms with Gasteiger partial charge < -0.3 is 31.1 Å². The van der Waals surface area contributed by atoms with Crippen molar-refractivity contribution in [2.24, 2.45) is 0 Å². The summed E-state index contributed by atoms with van der Waals surface area (Å²) in [6, 6.07) is 8.88. The van der Waals surface area contributed by atoms with Crippen molar-refractivity contribution in [3.63, 3.8) is 0 Å². The number of hydrogen-bond donors (Lipinski definition) is 7. The maximum Gasteiger partial charge on any atom is 0.326 e. The van der Waals surface area contributed by atoms with Crippen LogP contribution in [0.3, 0.4) is 0 Å². The number of hydrogen-bond acceptors (Lipinski definition) is 7. The molecule has 2 aliphatic rings. The summed E-state index contributed by atoms with van der Waals surface area (Å²) in [4.78, 5) is 24.5. The number of β-amino-alcohol motifs (C(OH)–C–C–N with tert-alkyl or cyclic N) is 1. The minimum Gasteiger partial charge on any atom is -0.480 e. The van der Waals surface area contributed by atoms with Gasteiger partial charge in [0.15, 0.2) is 0 Å². The molecular formula is C25H28Cl3N3O6. The van der Waals surface area contributed by atoms with Crippen LogP contribution in [0.5, 0.6) is 0 Å². The quantitative estimate of drug-likeness (QED) is 0.214. The van der Waals surface area contributed by atoms with Crippen molar-refractivity contribution in [2.45, 2.75) is 61.7 Å². The van der Waals surface area contributed by atoms with Gasteiger partial charge in [-0.15, -0.1) is 0 Å². The molecule has 1 aliphatic carbocycles. The smallest absolute Gasteiger partial charge is 0.326 e. The first kappa shape index (κ1) is 28.1. The summed E-state index contributed by atoms with van der Waals surface area (Å²) in [6.45, 7) is 0.284. The van der Waals surface area contributed by atoms with Crippen molar-refractivity contribution in [1.29, 1.82) is 0 Å². The van der Waals surface area contributed by atoms with E-state index in [0.717, 1.165) is 5.56 Å². The van der Waals surface area contributed by atoms with Crippen molar-refractivity contribution in [3.8, 4) is 0 Å². The Bertz CT molecular complexity index is 1160. The predicted molar refractivity (Wildman–Crippen MR) is 139 cm³/mol. The van der Waals surface area contributed by atoms with Crippen molar-refractivity contribution in [3.05, 3.63) is 68.2 Å². The number of nitrogens with one attached hydrogen (secondary N) is 3. The number of aliphatic hydroxyl groups is 3. The lowest BCUT2D eigenvalue weighted by atomic mass is 9.99. The first-order chi connectivity index (χ1) is 17.5. The van der Waals surface area contributed by atoms with Gasteiger partial charge in [-0.25, -0.2) is 0 Å². The second-order valence-electron chi connectivity index (χ2n) is 9.52. The molecule has 0 radical (unpaired) electrons. The van der Waals surface area contributed by atoms with Crippen LogP contribution in [0.2, 0.25) is 15.1 Å². The standard InChI is InChI=1S/C25H28Cl3N3O6/c26-14-3-1-2-12(6-14)4-5-19(33)13-7-16(27)21(17(28)8-13)23(35)31-25(24(36)37)10-20(25)30-22(34)18-9-15(32)11-29-18/h1-3,6-8,15,18-20,23,29,31-33,35H,4-5,9-11H2,(H,30,34)(H,36,37)/t15-,18-,19?,20-,23?,25-/m1/s1. The zero-order chi connectivity index (χ0) is 26.9. The van der Waals surface area contributed by atoms with E-state index >= 15 is 0 Å². The first-order valence-corrected chi connectivity index (χ1v) is 13.0. The van der Waals surface area contributed by atoms with E-state index in [1.807, 2.05) is 18.2 Å². The fourth-order valence-corrected chi connectivity index (χ4v) is 5.54. The lowest BCUT2D eigenvalue weighted by molar-refractivity contribution is -0.142. The van der Waals surface area contributed by atoms with Gasteiger partial charge in [0, 0.05) is 33.6 Å². The highest BCUT2D eigenvalue weighted by atomic mass is 35.5. The molecule has 9 nitrogen and oxygen atoms in total. The molecule has 2 fully saturated rings. The number of carboxylic acids is 1. The van der Waals surface area contributed by atoms with E-state index in [1.54, 1.807) is 6.07 Å². The summed E-state index contributed by atoms with van der Waals surface area (Å²) in [7, 11) is 0. The normalized spacial score (nSPS) is 26.5. The highest BCUT2D eigenvalue weighted by molar-refractivity contribution is 6.36. The van der Waals surface area contributed by atoms with E-state index in [4.69, 9.17) is 34.8 Å². The molecule has 7 N–H and O–H groups in total. The Labute approximate surface area is 228 Å². The topological polar surface area (TPSA) is 151 Å². The lowest BCUT2D eigenvalue weighted by Gasteiger charge is -2.23. The number of halogens is 3. The molecule has 1 saturated heterocycles. The molecular weight excluding hydrogens is 545 g/mol. The van der Waals surface area contributed by atoms with Crippen LogP contribution in [0.1, 0.15) is 48.3 Å². The number of aliphatic carboxylic acids is 1. The van der Waals surface area contributed by atoms with E-state index < -0.39 is 47.9 Å². The Balaban J connectivity index is 1.41. The van der Waals surface area contributed by atoms with E-state index in [0.29, 0.717) is 23.4 Å². The third-order valence-electron chi connectivity index (χ3n) is 6.83. The molecule has 200 valence electrons. The zero-order valence-electron chi connectivity index (χ0n) is 19.6. The molecule has 37 heavy (non-hydrogen) atoms. The van der Waals surface area contributed by atoms with Crippen LogP contribution in [0.15, 0.2) is 36.4 Å². The van der Waals surface area contributed by atoms with Gasteiger partial charge in [-0.1, -0.05) is 46.9 Å². The predicted octanol–water partition coefficient (Wildman–Crippen LogP) is 2.33. The minimum absolute atomic E-state index is 0.0376. The molecule has 1 amide bonds. The van der Waals surface area contributed by atoms with Crippen molar-refractivity contribution in [1.82, 2.24) is 16.0 Å². The summed E-state index contributed by atoms with van der Waals surface area (Å²) in [5.74, 6) is -1.68. The van der Waals surface area contributed by atoms with Crippen LogP contribution in [0.4, 0.5) is 0 Å². The second kappa shape index (κ2) is 11.4. The van der Waals surface area contributed by atoms with Crippen molar-refractivity contribution >= 4 is 46.7 Å². The molecule has 1 aliphatic heterocycles. The Morgan fingerprint density at radius 2 is 1.84 bits per heavy atom. The summed E-state index contributed by atoms with van der Waals surface area (Å²) in [5, 5.41) is 49.8. The Morgan fingerprint density at radius 1 is 1.14 bits per heavy atom. The number of rotatable bonds is 10. The molecule has 1 saturated carbocycles. The van der Waals surface area contributed by atoms with Crippen molar-refractivity contribution < 1.29 is 30.0 Å². The fourth-order valence-electron chi connectivity index (χ4n) is 4.62. The molecule has 2 unspecified atom stereocenters. The number of carbonyl (C=O) groups is 2. The van der Waals surface area contributed by atoms with Gasteiger partial charge in [0.25, 0.3) is 0 Å². The third kappa shape index (κ3) is 6.38. The minimum atomic E-state index is -1.62. The van der Waals surface area contributed by atoms with Gasteiger partial charge in [-0.05, 0) is 54.7 Å². The van der Waals surface area contributed by atoms with E-state index in [-0.39, 0.29) is 35.0 Å². The Kier molecular flexibility index (Phi) is 8.67. The molecule has 0 bridgehead atoms. The van der Waals surface area contributed by atoms with Crippen LogP contribution in [0, 0.1) is 0 Å². The lowest BCUT2D eigenvalue weighted by Crippen LogP contribution is -2.50. The van der Waals surface area contributed by atoms with Gasteiger partial charge in [0.1, 0.15) is 11.8 Å². The highest BCUT2D eigenvalue weighted by Gasteiger charge is 2.62. The van der Waals surface area contributed by atoms with Crippen LogP contribution < -0.4 is 16.0 Å².